The fraction of sp³-hybridized carbons (Fsp3) is 0.632. The Morgan fingerprint density at radius 3 is 2.31 bits per heavy atom. The van der Waals surface area contributed by atoms with Crippen LogP contribution in [0.25, 0.3) is 0 Å². The molecule has 0 aliphatic heterocycles. The second-order valence-corrected chi connectivity index (χ2v) is 8.47. The molecule has 0 spiro atoms. The van der Waals surface area contributed by atoms with E-state index >= 15 is 0 Å². The van der Waals surface area contributed by atoms with Gasteiger partial charge in [-0.25, -0.2) is 9.59 Å². The molecule has 6 nitrogen and oxygen atoms in total. The number of thiophene rings is 1. The van der Waals surface area contributed by atoms with E-state index in [1.54, 1.807) is 34.6 Å². The highest BCUT2D eigenvalue weighted by Gasteiger charge is 2.31. The summed E-state index contributed by atoms with van der Waals surface area (Å²) in [5.41, 5.74) is 0.0335. The van der Waals surface area contributed by atoms with Gasteiger partial charge in [0.15, 0.2) is 0 Å². The van der Waals surface area contributed by atoms with Crippen molar-refractivity contribution in [2.45, 2.75) is 65.9 Å². The molecule has 2 rings (SSSR count). The van der Waals surface area contributed by atoms with Crippen molar-refractivity contribution in [1.29, 1.82) is 0 Å². The van der Waals surface area contributed by atoms with Gasteiger partial charge in [-0.2, -0.15) is 0 Å². The van der Waals surface area contributed by atoms with Crippen LogP contribution in [0.1, 0.15) is 79.0 Å². The third-order valence-corrected chi connectivity index (χ3v) is 5.36. The Morgan fingerprint density at radius 1 is 1.15 bits per heavy atom. The van der Waals surface area contributed by atoms with Crippen LogP contribution in [0.2, 0.25) is 0 Å². The Bertz CT molecular complexity index is 696. The zero-order valence-corrected chi connectivity index (χ0v) is 16.9. The van der Waals surface area contributed by atoms with Gasteiger partial charge >= 0.3 is 11.9 Å². The van der Waals surface area contributed by atoms with Crippen molar-refractivity contribution in [1.82, 2.24) is 0 Å². The molecule has 1 fully saturated rings. The third-order valence-electron chi connectivity index (χ3n) is 4.17. The molecular formula is C19H27NO5S. The number of rotatable bonds is 5. The van der Waals surface area contributed by atoms with Gasteiger partial charge < -0.3 is 14.8 Å². The minimum absolute atomic E-state index is 0.0464. The number of hydrogen-bond acceptors (Lipinski definition) is 6. The molecule has 26 heavy (non-hydrogen) atoms. The van der Waals surface area contributed by atoms with Crippen molar-refractivity contribution in [2.24, 2.45) is 5.92 Å². The molecule has 1 saturated carbocycles. The van der Waals surface area contributed by atoms with Gasteiger partial charge in [0.1, 0.15) is 15.5 Å². The number of carbonyl (C=O) groups is 3. The molecule has 1 heterocycles. The summed E-state index contributed by atoms with van der Waals surface area (Å²) in [5, 5.41) is 3.21. The van der Waals surface area contributed by atoms with Crippen LogP contribution in [0.3, 0.4) is 0 Å². The lowest BCUT2D eigenvalue weighted by molar-refractivity contribution is -0.119. The highest BCUT2D eigenvalue weighted by Crippen LogP contribution is 2.36. The summed E-state index contributed by atoms with van der Waals surface area (Å²) in [6, 6.07) is 0. The SMILES string of the molecule is CCOC(=O)c1sc(NC(=O)C2CCCC2)c(C(=O)OC(C)(C)C)c1C. The molecule has 0 aromatic carbocycles. The molecule has 0 radical (unpaired) electrons. The van der Waals surface area contributed by atoms with Crippen molar-refractivity contribution in [2.75, 3.05) is 11.9 Å². The van der Waals surface area contributed by atoms with Crippen LogP contribution in [0, 0.1) is 12.8 Å². The van der Waals surface area contributed by atoms with Gasteiger partial charge in [0, 0.05) is 5.92 Å². The van der Waals surface area contributed by atoms with E-state index in [2.05, 4.69) is 5.32 Å². The monoisotopic (exact) mass is 381 g/mol. The molecule has 1 amide bonds. The molecular weight excluding hydrogens is 354 g/mol. The Hall–Kier alpha value is -1.89. The lowest BCUT2D eigenvalue weighted by Gasteiger charge is -2.20. The van der Waals surface area contributed by atoms with E-state index < -0.39 is 17.5 Å². The summed E-state index contributed by atoms with van der Waals surface area (Å²) >= 11 is 1.07. The fourth-order valence-corrected chi connectivity index (χ4v) is 4.06. The smallest absolute Gasteiger partial charge is 0.348 e. The first-order chi connectivity index (χ1) is 12.1. The fourth-order valence-electron chi connectivity index (χ4n) is 2.97. The summed E-state index contributed by atoms with van der Waals surface area (Å²) in [5.74, 6) is -1.21. The van der Waals surface area contributed by atoms with E-state index in [1.165, 1.54) is 0 Å². The summed E-state index contributed by atoms with van der Waals surface area (Å²) in [6.07, 6.45) is 3.77. The van der Waals surface area contributed by atoms with E-state index in [4.69, 9.17) is 9.47 Å². The van der Waals surface area contributed by atoms with Crippen molar-refractivity contribution >= 4 is 34.2 Å². The van der Waals surface area contributed by atoms with Crippen molar-refractivity contribution < 1.29 is 23.9 Å². The molecule has 1 aliphatic rings. The first kappa shape index (κ1) is 20.4. The number of ether oxygens (including phenoxy) is 2. The zero-order chi connectivity index (χ0) is 19.5. The normalized spacial score (nSPS) is 15.0. The molecule has 1 aliphatic carbocycles. The predicted molar refractivity (Wildman–Crippen MR) is 101 cm³/mol. The minimum Gasteiger partial charge on any atom is -0.462 e. The van der Waals surface area contributed by atoms with Gasteiger partial charge in [-0.05, 0) is 53.0 Å². The molecule has 144 valence electrons. The number of hydrogen-bond donors (Lipinski definition) is 1. The second-order valence-electron chi connectivity index (χ2n) is 7.45. The summed E-state index contributed by atoms with van der Waals surface area (Å²) in [6.45, 7) is 8.95. The van der Waals surface area contributed by atoms with Crippen molar-refractivity contribution in [3.63, 3.8) is 0 Å². The maximum absolute atomic E-state index is 12.7. The van der Waals surface area contributed by atoms with E-state index in [0.717, 1.165) is 37.0 Å². The Balaban J connectivity index is 2.36. The molecule has 1 aromatic rings. The summed E-state index contributed by atoms with van der Waals surface area (Å²) < 4.78 is 10.5. The van der Waals surface area contributed by atoms with Gasteiger partial charge in [-0.1, -0.05) is 12.8 Å². The summed E-state index contributed by atoms with van der Waals surface area (Å²) in [7, 11) is 0. The topological polar surface area (TPSA) is 81.7 Å². The maximum atomic E-state index is 12.7. The Labute approximate surface area is 158 Å². The van der Waals surface area contributed by atoms with E-state index in [-0.39, 0.29) is 24.0 Å². The summed E-state index contributed by atoms with van der Waals surface area (Å²) in [4.78, 5) is 37.7. The number of carbonyl (C=O) groups excluding carboxylic acids is 3. The Morgan fingerprint density at radius 2 is 1.77 bits per heavy atom. The van der Waals surface area contributed by atoms with Crippen LogP contribution in [-0.2, 0) is 14.3 Å². The first-order valence-corrected chi connectivity index (χ1v) is 9.80. The average molecular weight is 381 g/mol. The average Bonchev–Trinajstić information content (AvgIpc) is 3.14. The molecule has 0 unspecified atom stereocenters. The van der Waals surface area contributed by atoms with E-state index in [1.807, 2.05) is 0 Å². The van der Waals surface area contributed by atoms with Gasteiger partial charge in [-0.3, -0.25) is 4.79 Å². The van der Waals surface area contributed by atoms with Gasteiger partial charge in [0.2, 0.25) is 5.91 Å². The molecule has 0 saturated heterocycles. The van der Waals surface area contributed by atoms with Crippen LogP contribution in [0.5, 0.6) is 0 Å². The van der Waals surface area contributed by atoms with Crippen LogP contribution >= 0.6 is 11.3 Å². The maximum Gasteiger partial charge on any atom is 0.348 e. The van der Waals surface area contributed by atoms with Gasteiger partial charge in [0.25, 0.3) is 0 Å². The van der Waals surface area contributed by atoms with Crippen LogP contribution in [0.15, 0.2) is 0 Å². The lowest BCUT2D eigenvalue weighted by Crippen LogP contribution is -2.26. The molecule has 7 heteroatoms. The van der Waals surface area contributed by atoms with E-state index in [9.17, 15) is 14.4 Å². The highest BCUT2D eigenvalue weighted by molar-refractivity contribution is 7.18. The number of nitrogens with one attached hydrogen (secondary N) is 1. The zero-order valence-electron chi connectivity index (χ0n) is 16.1. The van der Waals surface area contributed by atoms with Crippen LogP contribution in [-0.4, -0.2) is 30.1 Å². The number of esters is 2. The van der Waals surface area contributed by atoms with Crippen LogP contribution < -0.4 is 5.32 Å². The lowest BCUT2D eigenvalue weighted by atomic mass is 10.1. The number of amides is 1. The second kappa shape index (κ2) is 8.20. The van der Waals surface area contributed by atoms with Gasteiger partial charge in [-0.15, -0.1) is 11.3 Å². The third kappa shape index (κ3) is 4.84. The molecule has 1 aromatic heterocycles. The Kier molecular flexibility index (Phi) is 6.44. The highest BCUT2D eigenvalue weighted by atomic mass is 32.1. The van der Waals surface area contributed by atoms with Crippen molar-refractivity contribution in [3.05, 3.63) is 16.0 Å². The standard InChI is InChI=1S/C19H27NO5S/c1-6-24-18(23)14-11(2)13(17(22)25-19(3,4)5)16(26-14)20-15(21)12-9-7-8-10-12/h12H,6-10H2,1-5H3,(H,20,21). The minimum atomic E-state index is -0.678. The van der Waals surface area contributed by atoms with Crippen molar-refractivity contribution in [3.8, 4) is 0 Å². The largest absolute Gasteiger partial charge is 0.462 e. The first-order valence-electron chi connectivity index (χ1n) is 8.98. The van der Waals surface area contributed by atoms with E-state index in [0.29, 0.717) is 15.4 Å². The quantitative estimate of drug-likeness (QED) is 0.768. The predicted octanol–water partition coefficient (Wildman–Crippen LogP) is 4.32. The molecule has 1 N–H and O–H groups in total. The van der Waals surface area contributed by atoms with Gasteiger partial charge in [0.05, 0.1) is 12.2 Å². The van der Waals surface area contributed by atoms with Crippen LogP contribution in [0.4, 0.5) is 5.00 Å². The molecule has 0 atom stereocenters. The molecule has 0 bridgehead atoms. The number of anilines is 1.